The molecule has 0 aliphatic carbocycles. The van der Waals surface area contributed by atoms with E-state index in [1.54, 1.807) is 0 Å². The lowest BCUT2D eigenvalue weighted by atomic mass is 10.0. The van der Waals surface area contributed by atoms with Gasteiger partial charge in [0.25, 0.3) is 0 Å². The summed E-state index contributed by atoms with van der Waals surface area (Å²) >= 11 is 0. The lowest BCUT2D eigenvalue weighted by molar-refractivity contribution is 0.118. The maximum atomic E-state index is 9.19. The van der Waals surface area contributed by atoms with Crippen molar-refractivity contribution in [1.82, 2.24) is 9.80 Å². The minimum atomic E-state index is 0.381. The first-order valence-corrected chi connectivity index (χ1v) is 7.40. The van der Waals surface area contributed by atoms with Gasteiger partial charge in [-0.1, -0.05) is 13.3 Å². The van der Waals surface area contributed by atoms with Crippen LogP contribution in [0, 0.1) is 5.92 Å². The molecule has 2 rings (SSSR count). The number of aliphatic hydroxyl groups is 1. The fourth-order valence-electron chi connectivity index (χ4n) is 3.23. The number of nitrogens with zero attached hydrogens (tertiary/aromatic N) is 2. The van der Waals surface area contributed by atoms with E-state index in [9.17, 15) is 5.11 Å². The number of hydrogen-bond donors (Lipinski definition) is 1. The van der Waals surface area contributed by atoms with Gasteiger partial charge in [-0.3, -0.25) is 4.90 Å². The standard InChI is InChI=1S/C14H28N2O/c1-2-3-7-15-8-5-14(6-9-15)16-10-4-13(11-16)12-17/h13-14,17H,2-12H2,1H3. The average Bonchev–Trinajstić information content (AvgIpc) is 2.86. The summed E-state index contributed by atoms with van der Waals surface area (Å²) in [5.74, 6) is 0.549. The molecule has 1 N–H and O–H groups in total. The highest BCUT2D eigenvalue weighted by atomic mass is 16.3. The molecule has 0 saturated carbocycles. The molecule has 17 heavy (non-hydrogen) atoms. The van der Waals surface area contributed by atoms with Gasteiger partial charge in [-0.2, -0.15) is 0 Å². The molecule has 3 heteroatoms. The van der Waals surface area contributed by atoms with Crippen LogP contribution in [0.4, 0.5) is 0 Å². The van der Waals surface area contributed by atoms with Crippen LogP contribution in [0.15, 0.2) is 0 Å². The third kappa shape index (κ3) is 3.67. The maximum absolute atomic E-state index is 9.19. The van der Waals surface area contributed by atoms with Gasteiger partial charge in [-0.25, -0.2) is 0 Å². The number of likely N-dealkylation sites (tertiary alicyclic amines) is 2. The lowest BCUT2D eigenvalue weighted by Crippen LogP contribution is -2.44. The minimum absolute atomic E-state index is 0.381. The van der Waals surface area contributed by atoms with Gasteiger partial charge < -0.3 is 10.0 Å². The molecule has 0 aromatic carbocycles. The molecule has 2 saturated heterocycles. The lowest BCUT2D eigenvalue weighted by Gasteiger charge is -2.36. The third-order valence-electron chi connectivity index (χ3n) is 4.48. The Morgan fingerprint density at radius 3 is 2.47 bits per heavy atom. The predicted molar refractivity (Wildman–Crippen MR) is 71.1 cm³/mol. The van der Waals surface area contributed by atoms with E-state index in [4.69, 9.17) is 0 Å². The van der Waals surface area contributed by atoms with E-state index in [-0.39, 0.29) is 0 Å². The average molecular weight is 240 g/mol. The number of rotatable bonds is 5. The van der Waals surface area contributed by atoms with Gasteiger partial charge in [0.2, 0.25) is 0 Å². The van der Waals surface area contributed by atoms with Gasteiger partial charge >= 0.3 is 0 Å². The van der Waals surface area contributed by atoms with Crippen molar-refractivity contribution in [2.75, 3.05) is 39.3 Å². The number of piperidine rings is 1. The van der Waals surface area contributed by atoms with Crippen LogP contribution in [0.3, 0.4) is 0 Å². The molecule has 1 unspecified atom stereocenters. The Balaban J connectivity index is 1.68. The number of unbranched alkanes of at least 4 members (excludes halogenated alkanes) is 1. The van der Waals surface area contributed by atoms with Crippen molar-refractivity contribution < 1.29 is 5.11 Å². The molecule has 2 fully saturated rings. The Labute approximate surface area is 106 Å². The molecule has 0 spiro atoms. The van der Waals surface area contributed by atoms with Gasteiger partial charge in [-0.05, 0) is 57.8 Å². The Morgan fingerprint density at radius 2 is 1.88 bits per heavy atom. The summed E-state index contributed by atoms with van der Waals surface area (Å²) in [6, 6.07) is 0.796. The van der Waals surface area contributed by atoms with Crippen LogP contribution in [0.5, 0.6) is 0 Å². The molecule has 100 valence electrons. The first kappa shape index (κ1) is 13.3. The van der Waals surface area contributed by atoms with Gasteiger partial charge in [0.05, 0.1) is 0 Å². The molecule has 3 nitrogen and oxygen atoms in total. The van der Waals surface area contributed by atoms with Crippen molar-refractivity contribution in [3.63, 3.8) is 0 Å². The molecule has 0 amide bonds. The maximum Gasteiger partial charge on any atom is 0.0471 e. The largest absolute Gasteiger partial charge is 0.396 e. The van der Waals surface area contributed by atoms with Crippen molar-refractivity contribution >= 4 is 0 Å². The van der Waals surface area contributed by atoms with Crippen LogP contribution < -0.4 is 0 Å². The molecule has 0 bridgehead atoms. The van der Waals surface area contributed by atoms with Crippen molar-refractivity contribution in [2.45, 2.75) is 45.1 Å². The van der Waals surface area contributed by atoms with Crippen LogP contribution >= 0.6 is 0 Å². The Kier molecular flexibility index (Phi) is 5.26. The monoisotopic (exact) mass is 240 g/mol. The van der Waals surface area contributed by atoms with Gasteiger partial charge in [-0.15, -0.1) is 0 Å². The molecule has 0 radical (unpaired) electrons. The van der Waals surface area contributed by atoms with Gasteiger partial charge in [0.1, 0.15) is 0 Å². The third-order valence-corrected chi connectivity index (χ3v) is 4.48. The summed E-state index contributed by atoms with van der Waals surface area (Å²) in [5, 5.41) is 9.19. The van der Waals surface area contributed by atoms with Crippen molar-refractivity contribution in [1.29, 1.82) is 0 Å². The molecule has 2 heterocycles. The molecule has 2 aliphatic heterocycles. The summed E-state index contributed by atoms with van der Waals surface area (Å²) in [7, 11) is 0. The van der Waals surface area contributed by atoms with E-state index in [0.29, 0.717) is 12.5 Å². The zero-order chi connectivity index (χ0) is 12.1. The van der Waals surface area contributed by atoms with Crippen LogP contribution in [0.2, 0.25) is 0 Å². The van der Waals surface area contributed by atoms with E-state index in [0.717, 1.165) is 12.6 Å². The van der Waals surface area contributed by atoms with Crippen molar-refractivity contribution in [2.24, 2.45) is 5.92 Å². The molecule has 0 aromatic heterocycles. The van der Waals surface area contributed by atoms with E-state index in [2.05, 4.69) is 16.7 Å². The van der Waals surface area contributed by atoms with Crippen molar-refractivity contribution in [3.8, 4) is 0 Å². The highest BCUT2D eigenvalue weighted by molar-refractivity contribution is 4.85. The Hall–Kier alpha value is -0.120. The SMILES string of the molecule is CCCCN1CCC(N2CCC(CO)C2)CC1. The quantitative estimate of drug-likeness (QED) is 0.790. The summed E-state index contributed by atoms with van der Waals surface area (Å²) in [4.78, 5) is 5.25. The second kappa shape index (κ2) is 6.72. The van der Waals surface area contributed by atoms with Gasteiger partial charge in [0.15, 0.2) is 0 Å². The molecule has 2 aliphatic rings. The Morgan fingerprint density at radius 1 is 1.12 bits per heavy atom. The zero-order valence-corrected chi connectivity index (χ0v) is 11.3. The fourth-order valence-corrected chi connectivity index (χ4v) is 3.23. The second-order valence-corrected chi connectivity index (χ2v) is 5.76. The smallest absolute Gasteiger partial charge is 0.0471 e. The van der Waals surface area contributed by atoms with E-state index in [1.165, 1.54) is 58.3 Å². The highest BCUT2D eigenvalue weighted by Crippen LogP contribution is 2.24. The summed E-state index contributed by atoms with van der Waals surface area (Å²) in [6.45, 7) is 8.86. The molecule has 1 atom stereocenters. The molecule has 0 aromatic rings. The van der Waals surface area contributed by atoms with Crippen LogP contribution in [0.25, 0.3) is 0 Å². The summed E-state index contributed by atoms with van der Waals surface area (Å²) in [6.07, 6.45) is 6.53. The second-order valence-electron chi connectivity index (χ2n) is 5.76. The number of hydrogen-bond acceptors (Lipinski definition) is 3. The van der Waals surface area contributed by atoms with Crippen molar-refractivity contribution in [3.05, 3.63) is 0 Å². The number of aliphatic hydroxyl groups excluding tert-OH is 1. The first-order chi connectivity index (χ1) is 8.33. The first-order valence-electron chi connectivity index (χ1n) is 7.40. The minimum Gasteiger partial charge on any atom is -0.396 e. The van der Waals surface area contributed by atoms with Crippen LogP contribution in [0.1, 0.15) is 39.0 Å². The van der Waals surface area contributed by atoms with E-state index < -0.39 is 0 Å². The summed E-state index contributed by atoms with van der Waals surface area (Å²) < 4.78 is 0. The van der Waals surface area contributed by atoms with E-state index in [1.807, 2.05) is 0 Å². The highest BCUT2D eigenvalue weighted by Gasteiger charge is 2.29. The predicted octanol–water partition coefficient (Wildman–Crippen LogP) is 1.57. The molecular formula is C14H28N2O. The van der Waals surface area contributed by atoms with Crippen LogP contribution in [-0.4, -0.2) is 60.3 Å². The van der Waals surface area contributed by atoms with Gasteiger partial charge in [0, 0.05) is 19.2 Å². The Bertz CT molecular complexity index is 214. The topological polar surface area (TPSA) is 26.7 Å². The van der Waals surface area contributed by atoms with E-state index >= 15 is 0 Å². The zero-order valence-electron chi connectivity index (χ0n) is 11.3. The van der Waals surface area contributed by atoms with Crippen LogP contribution in [-0.2, 0) is 0 Å². The normalized spacial score (nSPS) is 28.9. The summed E-state index contributed by atoms with van der Waals surface area (Å²) in [5.41, 5.74) is 0. The molecular weight excluding hydrogens is 212 g/mol. The fraction of sp³-hybridized carbons (Fsp3) is 1.00.